The van der Waals surface area contributed by atoms with Crippen LogP contribution in [0.4, 0.5) is 0 Å². The second-order valence-corrected chi connectivity index (χ2v) is 11.9. The Labute approximate surface area is 259 Å². The number of ether oxygens (including phenoxy) is 2. The van der Waals surface area contributed by atoms with Crippen molar-refractivity contribution in [2.75, 3.05) is 6.61 Å². The molecule has 2 aromatic carbocycles. The first-order chi connectivity index (χ1) is 20.9. The highest BCUT2D eigenvalue weighted by molar-refractivity contribution is 6.13. The number of halogens is 1. The summed E-state index contributed by atoms with van der Waals surface area (Å²) in [6.07, 6.45) is 3.85. The Morgan fingerprint density at radius 3 is 2.66 bits per heavy atom. The summed E-state index contributed by atoms with van der Waals surface area (Å²) in [6.45, 7) is 8.87. The summed E-state index contributed by atoms with van der Waals surface area (Å²) in [5.74, 6) is -1.02. The van der Waals surface area contributed by atoms with Gasteiger partial charge in [-0.1, -0.05) is 18.2 Å². The molecule has 0 fully saturated rings. The van der Waals surface area contributed by atoms with Crippen molar-refractivity contribution in [3.63, 3.8) is 0 Å². The number of carbonyl (C=O) groups is 3. The molecule has 2 aromatic heterocycles. The minimum Gasteiger partial charge on any atom is -0.493 e. The Morgan fingerprint density at radius 1 is 1.14 bits per heavy atom. The van der Waals surface area contributed by atoms with Crippen LogP contribution in [0.1, 0.15) is 92.4 Å². The number of aromatic nitrogens is 3. The highest BCUT2D eigenvalue weighted by atomic mass is 35.5. The van der Waals surface area contributed by atoms with E-state index < -0.39 is 17.5 Å². The molecule has 1 amide bonds. The van der Waals surface area contributed by atoms with Gasteiger partial charge in [-0.2, -0.15) is 5.10 Å². The van der Waals surface area contributed by atoms with Crippen molar-refractivity contribution < 1.29 is 29.0 Å². The minimum atomic E-state index is -1.22. The van der Waals surface area contributed by atoms with E-state index in [-0.39, 0.29) is 29.0 Å². The third kappa shape index (κ3) is 6.68. The summed E-state index contributed by atoms with van der Waals surface area (Å²) < 4.78 is 12.2. The van der Waals surface area contributed by atoms with Crippen molar-refractivity contribution >= 4 is 35.3 Å². The van der Waals surface area contributed by atoms with Gasteiger partial charge in [0.25, 0.3) is 5.91 Å². The third-order valence-corrected chi connectivity index (χ3v) is 7.59. The van der Waals surface area contributed by atoms with Crippen LogP contribution in [0.15, 0.2) is 48.7 Å². The van der Waals surface area contributed by atoms with E-state index in [0.717, 1.165) is 35.5 Å². The second-order valence-electron chi connectivity index (χ2n) is 11.7. The molecular formula is C32H34ClN5O6. The number of fused-ring (bicyclic) bond motifs is 3. The summed E-state index contributed by atoms with van der Waals surface area (Å²) in [7, 11) is 0. The lowest BCUT2D eigenvalue weighted by Gasteiger charge is -2.21. The lowest BCUT2D eigenvalue weighted by molar-refractivity contribution is 0.00682. The average Bonchev–Trinajstić information content (AvgIpc) is 3.72. The maximum atomic E-state index is 13.0. The fourth-order valence-electron chi connectivity index (χ4n) is 5.43. The number of amides is 1. The van der Waals surface area contributed by atoms with Gasteiger partial charge in [0.1, 0.15) is 17.0 Å². The lowest BCUT2D eigenvalue weighted by atomic mass is 9.97. The predicted octanol–water partition coefficient (Wildman–Crippen LogP) is 4.97. The molecule has 4 aromatic rings. The van der Waals surface area contributed by atoms with Crippen molar-refractivity contribution in [2.45, 2.75) is 65.1 Å². The number of hydrogen-bond donors (Lipinski definition) is 3. The number of carboxylic acids is 1. The van der Waals surface area contributed by atoms with Crippen LogP contribution in [0.2, 0.25) is 0 Å². The third-order valence-electron chi connectivity index (χ3n) is 7.45. The van der Waals surface area contributed by atoms with Crippen LogP contribution in [0, 0.1) is 6.92 Å². The number of hydrogen-bond acceptors (Lipinski definition) is 8. The normalized spacial score (nSPS) is 15.1. The SMILES string of the molecule is Cc1c(C(=O)OC(C)(C)C)ccc2c1CC[C@@H]2NC(=O)c1cc(C(=O)O)nc2ccnn12.ClNCc1ccc2c(c1)CCO2. The average molecular weight is 620 g/mol. The smallest absolute Gasteiger partial charge is 0.354 e. The zero-order valence-electron chi connectivity index (χ0n) is 24.9. The zero-order chi connectivity index (χ0) is 31.6. The van der Waals surface area contributed by atoms with E-state index in [1.807, 2.05) is 45.9 Å². The van der Waals surface area contributed by atoms with E-state index in [1.54, 1.807) is 6.07 Å². The highest BCUT2D eigenvalue weighted by Gasteiger charge is 2.30. The molecule has 12 heteroatoms. The van der Waals surface area contributed by atoms with Gasteiger partial charge >= 0.3 is 11.9 Å². The number of nitrogens with zero attached hydrogens (tertiary/aromatic N) is 3. The zero-order valence-corrected chi connectivity index (χ0v) is 25.7. The molecule has 1 aliphatic heterocycles. The Morgan fingerprint density at radius 2 is 1.93 bits per heavy atom. The Kier molecular flexibility index (Phi) is 8.89. The standard InChI is InChI=1S/C23H24N4O5.C9H10ClNO/c1-12-13-7-8-16(15(13)6-5-14(12)22(31)32-23(2,3)4)26-20(28)18-11-17(21(29)30)25-19-9-10-24-27(18)19;10-11-6-7-1-2-9-8(5-7)3-4-12-9/h5-6,9-11,16H,7-8H2,1-4H3,(H,26,28)(H,29,30);1-2,5,11H,3-4,6H2/t16-;/m0./s1. The molecule has 11 nitrogen and oxygen atoms in total. The van der Waals surface area contributed by atoms with Crippen molar-refractivity contribution in [1.29, 1.82) is 0 Å². The van der Waals surface area contributed by atoms with Gasteiger partial charge in [-0.05, 0) is 92.3 Å². The quantitative estimate of drug-likeness (QED) is 0.201. The van der Waals surface area contributed by atoms with Gasteiger partial charge in [-0.3, -0.25) is 4.79 Å². The number of nitrogens with one attached hydrogen (secondary N) is 2. The van der Waals surface area contributed by atoms with E-state index in [0.29, 0.717) is 24.9 Å². The lowest BCUT2D eigenvalue weighted by Crippen LogP contribution is -2.29. The summed E-state index contributed by atoms with van der Waals surface area (Å²) in [4.78, 5) is 43.6. The molecule has 0 unspecified atom stereocenters. The van der Waals surface area contributed by atoms with Crippen LogP contribution in [0.5, 0.6) is 5.75 Å². The van der Waals surface area contributed by atoms with Crippen LogP contribution < -0.4 is 14.9 Å². The number of rotatable bonds is 6. The van der Waals surface area contributed by atoms with E-state index in [9.17, 15) is 19.5 Å². The van der Waals surface area contributed by atoms with Crippen molar-refractivity contribution in [3.8, 4) is 5.75 Å². The van der Waals surface area contributed by atoms with Gasteiger partial charge in [-0.25, -0.2) is 23.9 Å². The van der Waals surface area contributed by atoms with E-state index in [1.165, 1.54) is 34.0 Å². The van der Waals surface area contributed by atoms with Crippen LogP contribution in [0.3, 0.4) is 0 Å². The summed E-state index contributed by atoms with van der Waals surface area (Å²) in [5, 5.41) is 16.4. The monoisotopic (exact) mass is 619 g/mol. The number of aromatic carboxylic acids is 1. The first kappa shape index (κ1) is 31.0. The van der Waals surface area contributed by atoms with Crippen LogP contribution in [-0.2, 0) is 24.1 Å². The Balaban J connectivity index is 0.000000266. The molecule has 3 N–H and O–H groups in total. The molecule has 3 heterocycles. The molecule has 1 atom stereocenters. The topological polar surface area (TPSA) is 144 Å². The number of carbonyl (C=O) groups excluding carboxylic acids is 2. The van der Waals surface area contributed by atoms with Crippen LogP contribution in [0.25, 0.3) is 5.65 Å². The Bertz CT molecular complexity index is 1750. The Hall–Kier alpha value is -4.48. The van der Waals surface area contributed by atoms with Gasteiger partial charge in [0.15, 0.2) is 11.3 Å². The molecule has 6 rings (SSSR count). The summed E-state index contributed by atoms with van der Waals surface area (Å²) >= 11 is 5.41. The van der Waals surface area contributed by atoms with Crippen molar-refractivity contribution in [2.24, 2.45) is 0 Å². The molecule has 0 spiro atoms. The van der Waals surface area contributed by atoms with Crippen molar-refractivity contribution in [3.05, 3.63) is 93.4 Å². The number of esters is 1. The van der Waals surface area contributed by atoms with Crippen molar-refractivity contribution in [1.82, 2.24) is 24.8 Å². The van der Waals surface area contributed by atoms with Gasteiger partial charge in [0.05, 0.1) is 24.4 Å². The van der Waals surface area contributed by atoms with E-state index in [2.05, 4.69) is 26.3 Å². The van der Waals surface area contributed by atoms with Gasteiger partial charge < -0.3 is 19.9 Å². The molecule has 230 valence electrons. The van der Waals surface area contributed by atoms with Gasteiger partial charge in [0, 0.05) is 25.1 Å². The molecule has 0 radical (unpaired) electrons. The molecule has 44 heavy (non-hydrogen) atoms. The number of carboxylic acid groups (broad SMARTS) is 1. The van der Waals surface area contributed by atoms with Gasteiger partial charge in [0.2, 0.25) is 0 Å². The van der Waals surface area contributed by atoms with Gasteiger partial charge in [-0.15, -0.1) is 0 Å². The fraction of sp³-hybridized carbons (Fsp3) is 0.344. The molecule has 0 saturated heterocycles. The fourth-order valence-corrected chi connectivity index (χ4v) is 5.58. The molecule has 2 aliphatic rings. The largest absolute Gasteiger partial charge is 0.493 e. The highest BCUT2D eigenvalue weighted by Crippen LogP contribution is 2.35. The van der Waals surface area contributed by atoms with E-state index >= 15 is 0 Å². The minimum absolute atomic E-state index is 0.0907. The predicted molar refractivity (Wildman–Crippen MR) is 163 cm³/mol. The molecule has 1 aliphatic carbocycles. The molecule has 0 saturated carbocycles. The first-order valence-electron chi connectivity index (χ1n) is 14.3. The van der Waals surface area contributed by atoms with Crippen LogP contribution in [-0.4, -0.2) is 49.8 Å². The summed E-state index contributed by atoms with van der Waals surface area (Å²) in [5.41, 5.74) is 5.37. The summed E-state index contributed by atoms with van der Waals surface area (Å²) in [6, 6.07) is 12.2. The number of benzene rings is 2. The second kappa shape index (κ2) is 12.6. The maximum absolute atomic E-state index is 13.0. The van der Waals surface area contributed by atoms with Crippen LogP contribution >= 0.6 is 11.8 Å². The maximum Gasteiger partial charge on any atom is 0.354 e. The molecular weight excluding hydrogens is 586 g/mol. The van der Waals surface area contributed by atoms with E-state index in [4.69, 9.17) is 21.3 Å². The first-order valence-corrected chi connectivity index (χ1v) is 14.7. The molecule has 0 bridgehead atoms.